The molecule has 0 fully saturated rings. The van der Waals surface area contributed by atoms with Crippen molar-refractivity contribution >= 4 is 5.96 Å². The average molecular weight is 391 g/mol. The number of ether oxygens (including phenoxy) is 2. The van der Waals surface area contributed by atoms with E-state index in [9.17, 15) is 0 Å². The first-order valence-corrected chi connectivity index (χ1v) is 9.81. The van der Waals surface area contributed by atoms with Crippen LogP contribution in [0.5, 0.6) is 11.5 Å². The molecule has 0 saturated carbocycles. The molecule has 7 nitrogen and oxygen atoms in total. The molecule has 4 rings (SSSR count). The molecule has 0 spiro atoms. The lowest BCUT2D eigenvalue weighted by Crippen LogP contribution is -2.45. The standard InChI is InChI=1S/C22H25N5O2/c1-2-23-22(25-15-19-16-28-20-6-3-4-7-21(20)29-19)24-14-17-8-10-18(11-9-17)27-13-5-12-26-27/h3-13,19H,2,14-16H2,1H3,(H2,23,24,25). The topological polar surface area (TPSA) is 72.7 Å². The summed E-state index contributed by atoms with van der Waals surface area (Å²) in [7, 11) is 0. The van der Waals surface area contributed by atoms with E-state index < -0.39 is 0 Å². The highest BCUT2D eigenvalue weighted by atomic mass is 16.6. The van der Waals surface area contributed by atoms with E-state index in [0.29, 0.717) is 19.7 Å². The summed E-state index contributed by atoms with van der Waals surface area (Å²) in [6.07, 6.45) is 3.63. The van der Waals surface area contributed by atoms with E-state index in [-0.39, 0.29) is 6.10 Å². The Balaban J connectivity index is 1.33. The van der Waals surface area contributed by atoms with Crippen LogP contribution in [0.2, 0.25) is 0 Å². The maximum Gasteiger partial charge on any atom is 0.191 e. The Morgan fingerprint density at radius 3 is 2.69 bits per heavy atom. The van der Waals surface area contributed by atoms with E-state index in [4.69, 9.17) is 9.47 Å². The largest absolute Gasteiger partial charge is 0.486 e. The number of rotatable bonds is 6. The molecule has 2 heterocycles. The van der Waals surface area contributed by atoms with Gasteiger partial charge >= 0.3 is 0 Å². The fraction of sp³-hybridized carbons (Fsp3) is 0.273. The number of guanidine groups is 1. The number of hydrogen-bond donors (Lipinski definition) is 2. The molecule has 2 N–H and O–H groups in total. The summed E-state index contributed by atoms with van der Waals surface area (Å²) in [5.41, 5.74) is 2.16. The third-order valence-corrected chi connectivity index (χ3v) is 4.53. The van der Waals surface area contributed by atoms with Gasteiger partial charge in [0.15, 0.2) is 17.5 Å². The summed E-state index contributed by atoms with van der Waals surface area (Å²) >= 11 is 0. The molecule has 0 saturated heterocycles. The molecule has 1 aromatic heterocycles. The zero-order chi connectivity index (χ0) is 19.9. The zero-order valence-corrected chi connectivity index (χ0v) is 16.4. The van der Waals surface area contributed by atoms with E-state index in [1.807, 2.05) is 60.3 Å². The summed E-state index contributed by atoms with van der Waals surface area (Å²) in [4.78, 5) is 4.68. The Morgan fingerprint density at radius 2 is 1.93 bits per heavy atom. The molecule has 3 aromatic rings. The molecule has 1 aliphatic heterocycles. The van der Waals surface area contributed by atoms with E-state index in [2.05, 4.69) is 32.9 Å². The van der Waals surface area contributed by atoms with Crippen molar-refractivity contribution in [2.24, 2.45) is 4.99 Å². The van der Waals surface area contributed by atoms with Gasteiger partial charge in [0.2, 0.25) is 0 Å². The van der Waals surface area contributed by atoms with Crippen LogP contribution >= 0.6 is 0 Å². The SMILES string of the molecule is CCNC(=NCc1ccc(-n2cccn2)cc1)NCC1COc2ccccc2O1. The highest BCUT2D eigenvalue weighted by Gasteiger charge is 2.20. The first-order chi connectivity index (χ1) is 14.3. The van der Waals surface area contributed by atoms with Gasteiger partial charge in [-0.1, -0.05) is 24.3 Å². The Labute approximate surface area is 170 Å². The molecule has 2 aromatic carbocycles. The molecule has 1 unspecified atom stereocenters. The third-order valence-electron chi connectivity index (χ3n) is 4.53. The fourth-order valence-electron chi connectivity index (χ4n) is 3.06. The summed E-state index contributed by atoms with van der Waals surface area (Å²) in [6, 6.07) is 17.9. The third kappa shape index (κ3) is 4.87. The molecular formula is C22H25N5O2. The van der Waals surface area contributed by atoms with Gasteiger partial charge in [0.05, 0.1) is 18.8 Å². The van der Waals surface area contributed by atoms with Crippen LogP contribution in [0, 0.1) is 0 Å². The minimum absolute atomic E-state index is 0.0675. The van der Waals surface area contributed by atoms with E-state index in [1.165, 1.54) is 0 Å². The average Bonchev–Trinajstić information content (AvgIpc) is 3.31. The Morgan fingerprint density at radius 1 is 1.10 bits per heavy atom. The quantitative estimate of drug-likeness (QED) is 0.499. The second-order valence-corrected chi connectivity index (χ2v) is 6.69. The molecule has 1 atom stereocenters. The second kappa shape index (κ2) is 9.14. The number of aromatic nitrogens is 2. The number of nitrogens with one attached hydrogen (secondary N) is 2. The van der Waals surface area contributed by atoms with Crippen molar-refractivity contribution in [3.8, 4) is 17.2 Å². The molecule has 7 heteroatoms. The number of para-hydroxylation sites is 2. The van der Waals surface area contributed by atoms with Gasteiger partial charge in [0.1, 0.15) is 12.7 Å². The van der Waals surface area contributed by atoms with Crippen LogP contribution in [-0.2, 0) is 6.54 Å². The van der Waals surface area contributed by atoms with Gasteiger partial charge in [-0.3, -0.25) is 0 Å². The van der Waals surface area contributed by atoms with Crippen molar-refractivity contribution in [2.75, 3.05) is 19.7 Å². The number of aliphatic imine (C=N–C) groups is 1. The van der Waals surface area contributed by atoms with E-state index in [0.717, 1.165) is 35.3 Å². The van der Waals surface area contributed by atoms with Gasteiger partial charge in [-0.2, -0.15) is 5.10 Å². The fourth-order valence-corrected chi connectivity index (χ4v) is 3.06. The first-order valence-electron chi connectivity index (χ1n) is 9.81. The van der Waals surface area contributed by atoms with Crippen molar-refractivity contribution in [1.82, 2.24) is 20.4 Å². The minimum Gasteiger partial charge on any atom is -0.486 e. The zero-order valence-electron chi connectivity index (χ0n) is 16.4. The predicted molar refractivity (Wildman–Crippen MR) is 113 cm³/mol. The van der Waals surface area contributed by atoms with Gasteiger partial charge in [0.25, 0.3) is 0 Å². The molecule has 0 aliphatic carbocycles. The van der Waals surface area contributed by atoms with Crippen LogP contribution in [0.4, 0.5) is 0 Å². The van der Waals surface area contributed by atoms with Crippen LogP contribution < -0.4 is 20.1 Å². The van der Waals surface area contributed by atoms with Crippen molar-refractivity contribution in [1.29, 1.82) is 0 Å². The molecule has 0 amide bonds. The second-order valence-electron chi connectivity index (χ2n) is 6.69. The predicted octanol–water partition coefficient (Wildman–Crippen LogP) is 2.77. The highest BCUT2D eigenvalue weighted by molar-refractivity contribution is 5.79. The summed E-state index contributed by atoms with van der Waals surface area (Å²) in [5.74, 6) is 2.33. The van der Waals surface area contributed by atoms with E-state index >= 15 is 0 Å². The van der Waals surface area contributed by atoms with Crippen molar-refractivity contribution < 1.29 is 9.47 Å². The van der Waals surface area contributed by atoms with Gasteiger partial charge in [-0.15, -0.1) is 0 Å². The molecule has 0 radical (unpaired) electrons. The smallest absolute Gasteiger partial charge is 0.191 e. The van der Waals surface area contributed by atoms with Crippen LogP contribution in [0.15, 0.2) is 72.0 Å². The molecule has 1 aliphatic rings. The summed E-state index contributed by atoms with van der Waals surface area (Å²) in [5, 5.41) is 10.9. The monoisotopic (exact) mass is 391 g/mol. The van der Waals surface area contributed by atoms with Gasteiger partial charge in [-0.25, -0.2) is 9.67 Å². The number of hydrogen-bond acceptors (Lipinski definition) is 4. The maximum atomic E-state index is 5.99. The molecular weight excluding hydrogens is 366 g/mol. The van der Waals surface area contributed by atoms with Gasteiger partial charge < -0.3 is 20.1 Å². The van der Waals surface area contributed by atoms with Crippen molar-refractivity contribution in [2.45, 2.75) is 19.6 Å². The normalized spacial score (nSPS) is 15.8. The van der Waals surface area contributed by atoms with Crippen LogP contribution in [0.25, 0.3) is 5.69 Å². The lowest BCUT2D eigenvalue weighted by Gasteiger charge is -2.27. The summed E-state index contributed by atoms with van der Waals surface area (Å²) < 4.78 is 13.6. The first kappa shape index (κ1) is 18.9. The molecule has 29 heavy (non-hydrogen) atoms. The maximum absolute atomic E-state index is 5.99. The van der Waals surface area contributed by atoms with Crippen molar-refractivity contribution in [3.63, 3.8) is 0 Å². The van der Waals surface area contributed by atoms with E-state index in [1.54, 1.807) is 6.20 Å². The Kier molecular flexibility index (Phi) is 5.95. The minimum atomic E-state index is -0.0675. The number of nitrogens with zero attached hydrogens (tertiary/aromatic N) is 3. The number of benzene rings is 2. The molecule has 150 valence electrons. The lowest BCUT2D eigenvalue weighted by atomic mass is 10.2. The van der Waals surface area contributed by atoms with Crippen LogP contribution in [0.3, 0.4) is 0 Å². The molecule has 0 bridgehead atoms. The van der Waals surface area contributed by atoms with Gasteiger partial charge in [0, 0.05) is 18.9 Å². The number of fused-ring (bicyclic) bond motifs is 1. The Bertz CT molecular complexity index is 938. The van der Waals surface area contributed by atoms with Crippen molar-refractivity contribution in [3.05, 3.63) is 72.6 Å². The Hall–Kier alpha value is -3.48. The lowest BCUT2D eigenvalue weighted by molar-refractivity contribution is 0.0936. The van der Waals surface area contributed by atoms with Crippen LogP contribution in [0.1, 0.15) is 12.5 Å². The summed E-state index contributed by atoms with van der Waals surface area (Å²) in [6.45, 7) is 4.54. The highest BCUT2D eigenvalue weighted by Crippen LogP contribution is 2.30. The van der Waals surface area contributed by atoms with Crippen LogP contribution in [-0.4, -0.2) is 41.5 Å². The van der Waals surface area contributed by atoms with Gasteiger partial charge in [-0.05, 0) is 42.8 Å².